The van der Waals surface area contributed by atoms with E-state index >= 15 is 0 Å². The number of hydrogen-bond donors (Lipinski definition) is 1. The van der Waals surface area contributed by atoms with Crippen molar-refractivity contribution in [1.29, 1.82) is 0 Å². The molecule has 0 aliphatic carbocycles. The zero-order valence-electron chi connectivity index (χ0n) is 18.7. The molecule has 3 heterocycles. The van der Waals surface area contributed by atoms with Crippen molar-refractivity contribution in [2.45, 2.75) is 31.7 Å². The first-order chi connectivity index (χ1) is 16.3. The number of pyridine rings is 1. The van der Waals surface area contributed by atoms with Gasteiger partial charge in [-0.3, -0.25) is 4.98 Å². The normalized spacial score (nSPS) is 20.8. The third-order valence-corrected chi connectivity index (χ3v) is 6.51. The van der Waals surface area contributed by atoms with E-state index in [0.29, 0.717) is 29.8 Å². The SMILES string of the molecule is Cc1cc(F)cc(-c2cncc(-c3ccc(C(F)(F)F)cc3)c2N2CCC3NCCOC3C2)c1. The van der Waals surface area contributed by atoms with Crippen molar-refractivity contribution < 1.29 is 22.3 Å². The third-order valence-electron chi connectivity index (χ3n) is 6.51. The summed E-state index contributed by atoms with van der Waals surface area (Å²) >= 11 is 0. The summed E-state index contributed by atoms with van der Waals surface area (Å²) in [6.45, 7) is 4.63. The minimum absolute atomic E-state index is 0.00165. The summed E-state index contributed by atoms with van der Waals surface area (Å²) in [5.74, 6) is -0.348. The number of ether oxygens (including phenoxy) is 1. The summed E-state index contributed by atoms with van der Waals surface area (Å²) in [6, 6.07) is 10.2. The van der Waals surface area contributed by atoms with E-state index in [9.17, 15) is 17.6 Å². The van der Waals surface area contributed by atoms with Gasteiger partial charge in [0.05, 0.1) is 24.0 Å². The van der Waals surface area contributed by atoms with Crippen molar-refractivity contribution in [2.75, 3.05) is 31.1 Å². The Labute approximate surface area is 195 Å². The van der Waals surface area contributed by atoms with E-state index in [-0.39, 0.29) is 18.0 Å². The maximum absolute atomic E-state index is 14.3. The minimum atomic E-state index is -4.41. The quantitative estimate of drug-likeness (QED) is 0.516. The number of piperidine rings is 1. The number of fused-ring (bicyclic) bond motifs is 1. The molecule has 0 amide bonds. The molecular formula is C26H25F4N3O. The summed E-state index contributed by atoms with van der Waals surface area (Å²) < 4.78 is 59.7. The molecule has 1 aromatic heterocycles. The predicted octanol–water partition coefficient (Wildman–Crippen LogP) is 5.45. The Balaban J connectivity index is 1.63. The van der Waals surface area contributed by atoms with Crippen LogP contribution in [-0.2, 0) is 10.9 Å². The molecule has 178 valence electrons. The molecule has 2 aromatic carbocycles. The highest BCUT2D eigenvalue weighted by Gasteiger charge is 2.34. The third kappa shape index (κ3) is 4.52. The lowest BCUT2D eigenvalue weighted by Crippen LogP contribution is -2.57. The topological polar surface area (TPSA) is 37.4 Å². The van der Waals surface area contributed by atoms with Crippen LogP contribution in [0.15, 0.2) is 54.9 Å². The number of halogens is 4. The zero-order chi connectivity index (χ0) is 23.9. The van der Waals surface area contributed by atoms with Crippen molar-refractivity contribution >= 4 is 5.69 Å². The van der Waals surface area contributed by atoms with E-state index in [1.807, 2.05) is 13.0 Å². The fourth-order valence-electron chi connectivity index (χ4n) is 4.92. The monoisotopic (exact) mass is 471 g/mol. The largest absolute Gasteiger partial charge is 0.416 e. The van der Waals surface area contributed by atoms with E-state index < -0.39 is 11.7 Å². The minimum Gasteiger partial charge on any atom is -0.373 e. The number of nitrogens with one attached hydrogen (secondary N) is 1. The molecule has 8 heteroatoms. The molecule has 5 rings (SSSR count). The first-order valence-electron chi connectivity index (χ1n) is 11.3. The molecule has 34 heavy (non-hydrogen) atoms. The molecule has 2 aliphatic heterocycles. The Kier molecular flexibility index (Phi) is 6.04. The van der Waals surface area contributed by atoms with Gasteiger partial charge in [0.15, 0.2) is 0 Å². The number of benzene rings is 2. The highest BCUT2D eigenvalue weighted by Crippen LogP contribution is 2.41. The molecule has 2 aliphatic rings. The first-order valence-corrected chi connectivity index (χ1v) is 11.3. The molecular weight excluding hydrogens is 446 g/mol. The molecule has 4 nitrogen and oxygen atoms in total. The number of aromatic nitrogens is 1. The van der Waals surface area contributed by atoms with Gasteiger partial charge in [0.25, 0.3) is 0 Å². The lowest BCUT2D eigenvalue weighted by molar-refractivity contribution is -0.137. The summed E-state index contributed by atoms with van der Waals surface area (Å²) in [5.41, 5.74) is 3.64. The van der Waals surface area contributed by atoms with Gasteiger partial charge in [0.2, 0.25) is 0 Å². The second-order valence-corrected chi connectivity index (χ2v) is 8.88. The molecule has 2 saturated heterocycles. The highest BCUT2D eigenvalue weighted by molar-refractivity contribution is 5.90. The van der Waals surface area contributed by atoms with E-state index in [1.54, 1.807) is 12.4 Å². The fourth-order valence-corrected chi connectivity index (χ4v) is 4.92. The maximum Gasteiger partial charge on any atom is 0.416 e. The molecule has 0 radical (unpaired) electrons. The first kappa shape index (κ1) is 22.8. The standard InChI is InChI=1S/C26H25F4N3O/c1-16-10-18(12-20(27)11-16)22-14-31-13-21(17-2-4-19(5-3-17)26(28,29)30)25(22)33-8-6-23-24(15-33)34-9-7-32-23/h2-5,10-14,23-24,32H,6-9,15H2,1H3. The van der Waals surface area contributed by atoms with Gasteiger partial charge in [-0.2, -0.15) is 13.2 Å². The predicted molar refractivity (Wildman–Crippen MR) is 123 cm³/mol. The van der Waals surface area contributed by atoms with Gasteiger partial charge in [0, 0.05) is 49.2 Å². The van der Waals surface area contributed by atoms with Crippen LogP contribution in [0.3, 0.4) is 0 Å². The summed E-state index contributed by atoms with van der Waals surface area (Å²) in [7, 11) is 0. The van der Waals surface area contributed by atoms with Crippen LogP contribution in [0.25, 0.3) is 22.3 Å². The van der Waals surface area contributed by atoms with Crippen molar-refractivity contribution in [3.63, 3.8) is 0 Å². The Morgan fingerprint density at radius 3 is 2.47 bits per heavy atom. The molecule has 2 unspecified atom stereocenters. The molecule has 0 bridgehead atoms. The average molecular weight is 471 g/mol. The van der Waals surface area contributed by atoms with Crippen LogP contribution in [0.4, 0.5) is 23.2 Å². The highest BCUT2D eigenvalue weighted by atomic mass is 19.4. The van der Waals surface area contributed by atoms with Crippen LogP contribution in [0.1, 0.15) is 17.5 Å². The Hall–Kier alpha value is -2.97. The van der Waals surface area contributed by atoms with Crippen LogP contribution in [0.2, 0.25) is 0 Å². The number of hydrogen-bond acceptors (Lipinski definition) is 4. The van der Waals surface area contributed by atoms with Crippen LogP contribution in [-0.4, -0.2) is 43.4 Å². The zero-order valence-corrected chi connectivity index (χ0v) is 18.7. The number of aryl methyl sites for hydroxylation is 1. The lowest BCUT2D eigenvalue weighted by atomic mass is 9.93. The van der Waals surface area contributed by atoms with Gasteiger partial charge in [-0.25, -0.2) is 4.39 Å². The Morgan fingerprint density at radius 2 is 1.76 bits per heavy atom. The number of nitrogens with zero attached hydrogens (tertiary/aromatic N) is 2. The Bertz CT molecular complexity index is 1160. The lowest BCUT2D eigenvalue weighted by Gasteiger charge is -2.43. The van der Waals surface area contributed by atoms with Gasteiger partial charge in [-0.1, -0.05) is 18.2 Å². The van der Waals surface area contributed by atoms with Gasteiger partial charge >= 0.3 is 6.18 Å². The smallest absolute Gasteiger partial charge is 0.373 e. The van der Waals surface area contributed by atoms with Gasteiger partial charge < -0.3 is 15.0 Å². The molecule has 3 aromatic rings. The van der Waals surface area contributed by atoms with Crippen molar-refractivity contribution in [3.05, 3.63) is 71.8 Å². The number of morpholine rings is 1. The van der Waals surface area contributed by atoms with Crippen molar-refractivity contribution in [2.24, 2.45) is 0 Å². The molecule has 0 spiro atoms. The van der Waals surface area contributed by atoms with E-state index in [4.69, 9.17) is 4.74 Å². The van der Waals surface area contributed by atoms with Crippen molar-refractivity contribution in [3.8, 4) is 22.3 Å². The second-order valence-electron chi connectivity index (χ2n) is 8.88. The van der Waals surface area contributed by atoms with Crippen LogP contribution >= 0.6 is 0 Å². The van der Waals surface area contributed by atoms with E-state index in [2.05, 4.69) is 15.2 Å². The van der Waals surface area contributed by atoms with Crippen LogP contribution in [0, 0.1) is 12.7 Å². The number of rotatable bonds is 3. The number of anilines is 1. The van der Waals surface area contributed by atoms with E-state index in [1.165, 1.54) is 24.3 Å². The van der Waals surface area contributed by atoms with Gasteiger partial charge in [-0.15, -0.1) is 0 Å². The average Bonchev–Trinajstić information content (AvgIpc) is 2.82. The number of alkyl halides is 3. The molecule has 0 saturated carbocycles. The summed E-state index contributed by atoms with van der Waals surface area (Å²) in [6.07, 6.45) is -0.185. The van der Waals surface area contributed by atoms with Gasteiger partial charge in [-0.05, 0) is 54.3 Å². The summed E-state index contributed by atoms with van der Waals surface area (Å²) in [5, 5.41) is 3.50. The molecule has 2 fully saturated rings. The van der Waals surface area contributed by atoms with Crippen LogP contribution < -0.4 is 10.2 Å². The maximum atomic E-state index is 14.3. The van der Waals surface area contributed by atoms with Crippen LogP contribution in [0.5, 0.6) is 0 Å². The second kappa shape index (κ2) is 9.00. The summed E-state index contributed by atoms with van der Waals surface area (Å²) in [4.78, 5) is 6.58. The van der Waals surface area contributed by atoms with Gasteiger partial charge in [0.1, 0.15) is 5.82 Å². The molecule has 2 atom stereocenters. The molecule has 1 N–H and O–H groups in total. The Morgan fingerprint density at radius 1 is 1.03 bits per heavy atom. The van der Waals surface area contributed by atoms with Crippen molar-refractivity contribution in [1.82, 2.24) is 10.3 Å². The fraction of sp³-hybridized carbons (Fsp3) is 0.346. The van der Waals surface area contributed by atoms with E-state index in [0.717, 1.165) is 48.5 Å².